The maximum Gasteiger partial charge on any atom is 0.248 e. The van der Waals surface area contributed by atoms with Crippen molar-refractivity contribution in [3.63, 3.8) is 0 Å². The highest BCUT2D eigenvalue weighted by molar-refractivity contribution is 7.89. The molecule has 1 heterocycles. The van der Waals surface area contributed by atoms with Gasteiger partial charge in [-0.25, -0.2) is 8.42 Å². The second-order valence-corrected chi connectivity index (χ2v) is 12.9. The second kappa shape index (κ2) is 12.3. The van der Waals surface area contributed by atoms with Gasteiger partial charge < -0.3 is 19.3 Å². The lowest BCUT2D eigenvalue weighted by Crippen LogP contribution is -2.39. The van der Waals surface area contributed by atoms with Crippen molar-refractivity contribution in [2.45, 2.75) is 56.9 Å². The van der Waals surface area contributed by atoms with Crippen LogP contribution in [-0.4, -0.2) is 95.1 Å². The first-order valence-corrected chi connectivity index (χ1v) is 15.1. The van der Waals surface area contributed by atoms with Crippen molar-refractivity contribution in [1.82, 2.24) is 14.1 Å². The summed E-state index contributed by atoms with van der Waals surface area (Å²) in [5.41, 5.74) is 3.98. The van der Waals surface area contributed by atoms with Crippen LogP contribution in [0.2, 0.25) is 0 Å². The molecule has 38 heavy (non-hydrogen) atoms. The third-order valence-corrected chi connectivity index (χ3v) is 10.3. The fourth-order valence-corrected chi connectivity index (χ4v) is 7.61. The molecule has 0 spiro atoms. The third-order valence-electron chi connectivity index (χ3n) is 8.16. The van der Waals surface area contributed by atoms with Gasteiger partial charge in [0.15, 0.2) is 0 Å². The number of nitrogens with zero attached hydrogens (tertiary/aromatic N) is 3. The molecule has 2 atom stereocenters. The molecular formula is C29H43N3O5S. The highest BCUT2D eigenvalue weighted by atomic mass is 32.2. The number of methoxy groups -OCH3 is 1. The van der Waals surface area contributed by atoms with E-state index in [0.29, 0.717) is 22.8 Å². The van der Waals surface area contributed by atoms with Gasteiger partial charge in [-0.15, -0.1) is 0 Å². The highest BCUT2D eigenvalue weighted by Crippen LogP contribution is 2.39. The van der Waals surface area contributed by atoms with Crippen LogP contribution in [0.15, 0.2) is 40.3 Å². The minimum atomic E-state index is -3.70. The van der Waals surface area contributed by atoms with Gasteiger partial charge in [-0.3, -0.25) is 4.79 Å². The number of rotatable bonds is 11. The first kappa shape index (κ1) is 28.8. The summed E-state index contributed by atoms with van der Waals surface area (Å²) in [4.78, 5) is 17.6. The van der Waals surface area contributed by atoms with Crippen LogP contribution in [0, 0.1) is 19.8 Å². The Bertz CT molecular complexity index is 1160. The van der Waals surface area contributed by atoms with E-state index >= 15 is 0 Å². The van der Waals surface area contributed by atoms with Gasteiger partial charge >= 0.3 is 0 Å². The van der Waals surface area contributed by atoms with E-state index in [0.717, 1.165) is 25.8 Å². The lowest BCUT2D eigenvalue weighted by atomic mass is 9.90. The Morgan fingerprint density at radius 3 is 2.47 bits per heavy atom. The van der Waals surface area contributed by atoms with E-state index in [-0.39, 0.29) is 36.6 Å². The Kier molecular flexibility index (Phi) is 9.34. The number of sulfonamides is 1. The molecule has 2 unspecified atom stereocenters. The number of hydrogen-bond donors (Lipinski definition) is 0. The fourth-order valence-electron chi connectivity index (χ4n) is 6.05. The number of hydrogen-bond acceptors (Lipinski definition) is 6. The van der Waals surface area contributed by atoms with Gasteiger partial charge in [0.2, 0.25) is 15.9 Å². The highest BCUT2D eigenvalue weighted by Gasteiger charge is 2.33. The summed E-state index contributed by atoms with van der Waals surface area (Å²) in [5, 5.41) is 0. The van der Waals surface area contributed by atoms with Crippen molar-refractivity contribution >= 4 is 15.9 Å². The number of aryl methyl sites for hydroxylation is 2. The molecule has 0 N–H and O–H groups in total. The molecule has 9 heteroatoms. The first-order chi connectivity index (χ1) is 18.1. The lowest BCUT2D eigenvalue weighted by Gasteiger charge is -2.29. The van der Waals surface area contributed by atoms with E-state index in [1.54, 1.807) is 38.0 Å². The molecule has 1 aliphatic heterocycles. The summed E-state index contributed by atoms with van der Waals surface area (Å²) in [6, 6.07) is 3.53. The quantitative estimate of drug-likeness (QED) is 0.396. The summed E-state index contributed by atoms with van der Waals surface area (Å²) in [6.07, 6.45) is 10.4. The summed E-state index contributed by atoms with van der Waals surface area (Å²) in [6.45, 7) is 7.34. The first-order valence-electron chi connectivity index (χ1n) is 13.7. The minimum Gasteiger partial charge on any atom is -0.497 e. The number of fused-ring (bicyclic) bond motifs is 1. The van der Waals surface area contributed by atoms with E-state index in [9.17, 15) is 13.2 Å². The van der Waals surface area contributed by atoms with Crippen LogP contribution in [0.3, 0.4) is 0 Å². The molecule has 2 fully saturated rings. The molecule has 0 bridgehead atoms. The number of likely N-dealkylation sites (N-methyl/N-ethyl adjacent to an activating group) is 2. The maximum atomic E-state index is 13.2. The van der Waals surface area contributed by atoms with Crippen molar-refractivity contribution in [2.75, 3.05) is 60.6 Å². The Morgan fingerprint density at radius 1 is 1.13 bits per heavy atom. The average Bonchev–Trinajstić information content (AvgIpc) is 3.54. The molecule has 0 radical (unpaired) electrons. The number of benzene rings is 1. The molecule has 3 aliphatic rings. The largest absolute Gasteiger partial charge is 0.497 e. The molecular weight excluding hydrogens is 502 g/mol. The Hall–Kier alpha value is -2.20. The standard InChI is InChI=1S/C29H43N3O5S/c1-21-16-25(36-5)17-22(2)29(21)38(34,35)30(3)14-15-37-20-28(33)31(4)27-11-9-24-18-23(8-10-26(24)27)19-32-12-6-7-13-32/h10,16-18,23,27H,6-9,11-15,19-20H2,1-5H3. The molecule has 210 valence electrons. The molecule has 1 saturated heterocycles. The minimum absolute atomic E-state index is 0.0641. The van der Waals surface area contributed by atoms with Crippen LogP contribution in [0.1, 0.15) is 43.2 Å². The van der Waals surface area contributed by atoms with E-state index in [1.165, 1.54) is 48.4 Å². The van der Waals surface area contributed by atoms with Gasteiger partial charge in [0.1, 0.15) is 12.4 Å². The van der Waals surface area contributed by atoms with Crippen molar-refractivity contribution in [2.24, 2.45) is 5.92 Å². The van der Waals surface area contributed by atoms with Crippen molar-refractivity contribution in [1.29, 1.82) is 0 Å². The normalized spacial score (nSPS) is 21.8. The van der Waals surface area contributed by atoms with Crippen LogP contribution < -0.4 is 4.74 Å². The van der Waals surface area contributed by atoms with Gasteiger partial charge in [-0.2, -0.15) is 4.31 Å². The van der Waals surface area contributed by atoms with Crippen LogP contribution in [0.4, 0.5) is 0 Å². The van der Waals surface area contributed by atoms with Gasteiger partial charge in [-0.1, -0.05) is 12.2 Å². The van der Waals surface area contributed by atoms with Gasteiger partial charge in [-0.05, 0) is 99.4 Å². The van der Waals surface area contributed by atoms with Crippen LogP contribution in [-0.2, 0) is 19.6 Å². The predicted molar refractivity (Wildman–Crippen MR) is 149 cm³/mol. The third kappa shape index (κ3) is 6.33. The number of ether oxygens (including phenoxy) is 2. The van der Waals surface area contributed by atoms with Crippen LogP contribution >= 0.6 is 0 Å². The number of carbonyl (C=O) groups is 1. The summed E-state index contributed by atoms with van der Waals surface area (Å²) >= 11 is 0. The van der Waals surface area contributed by atoms with Crippen molar-refractivity contribution < 1.29 is 22.7 Å². The molecule has 0 aromatic heterocycles. The molecule has 1 aromatic carbocycles. The van der Waals surface area contributed by atoms with E-state index in [4.69, 9.17) is 9.47 Å². The maximum absolute atomic E-state index is 13.2. The fraction of sp³-hybridized carbons (Fsp3) is 0.621. The zero-order valence-corrected chi connectivity index (χ0v) is 24.3. The molecule has 1 amide bonds. The van der Waals surface area contributed by atoms with Crippen molar-refractivity contribution in [3.8, 4) is 5.75 Å². The average molecular weight is 546 g/mol. The van der Waals surface area contributed by atoms with Crippen LogP contribution in [0.5, 0.6) is 5.75 Å². The summed E-state index contributed by atoms with van der Waals surface area (Å²) in [5.74, 6) is 1.13. The number of amides is 1. The van der Waals surface area contributed by atoms with E-state index in [2.05, 4.69) is 17.1 Å². The monoisotopic (exact) mass is 545 g/mol. The van der Waals surface area contributed by atoms with Gasteiger partial charge in [0.05, 0.1) is 24.7 Å². The van der Waals surface area contributed by atoms with E-state index < -0.39 is 10.0 Å². The Labute approximate surface area is 228 Å². The molecule has 4 rings (SSSR count). The summed E-state index contributed by atoms with van der Waals surface area (Å²) < 4.78 is 38.5. The number of likely N-dealkylation sites (tertiary alicyclic amines) is 1. The predicted octanol–water partition coefficient (Wildman–Crippen LogP) is 3.54. The smallest absolute Gasteiger partial charge is 0.248 e. The number of allylic oxidation sites excluding steroid dienone is 1. The second-order valence-electron chi connectivity index (χ2n) is 10.9. The molecule has 8 nitrogen and oxygen atoms in total. The lowest BCUT2D eigenvalue weighted by molar-refractivity contribution is -0.136. The van der Waals surface area contributed by atoms with Gasteiger partial charge in [0, 0.05) is 27.2 Å². The zero-order chi connectivity index (χ0) is 27.4. The Morgan fingerprint density at radius 2 is 1.82 bits per heavy atom. The van der Waals surface area contributed by atoms with Crippen molar-refractivity contribution in [3.05, 3.63) is 46.6 Å². The van der Waals surface area contributed by atoms with E-state index in [1.807, 2.05) is 7.05 Å². The SMILES string of the molecule is COc1cc(C)c(S(=O)(=O)N(C)CCOCC(=O)N(C)C2CCC3=CC(CN4CCCC4)CC=C32)c(C)c1. The topological polar surface area (TPSA) is 79.4 Å². The Balaban J connectivity index is 1.25. The molecule has 2 aliphatic carbocycles. The molecule has 1 aromatic rings. The number of carbonyl (C=O) groups excluding carboxylic acids is 1. The zero-order valence-electron chi connectivity index (χ0n) is 23.5. The summed E-state index contributed by atoms with van der Waals surface area (Å²) in [7, 11) is 1.25. The molecule has 1 saturated carbocycles. The van der Waals surface area contributed by atoms with Gasteiger partial charge in [0.25, 0.3) is 0 Å². The van der Waals surface area contributed by atoms with Crippen LogP contribution in [0.25, 0.3) is 0 Å².